The number of carbonyl (C=O) groups is 1. The third-order valence-electron chi connectivity index (χ3n) is 3.01. The smallest absolute Gasteiger partial charge is 0.0445 e. The van der Waals surface area contributed by atoms with E-state index in [0.717, 1.165) is 46.3 Å². The van der Waals surface area contributed by atoms with Crippen LogP contribution in [0.4, 0.5) is 0 Å². The first-order chi connectivity index (χ1) is 8.84. The summed E-state index contributed by atoms with van der Waals surface area (Å²) in [4.78, 5) is 10.3. The van der Waals surface area contributed by atoms with Gasteiger partial charge in [-0.25, -0.2) is 0 Å². The van der Waals surface area contributed by atoms with Crippen LogP contribution in [0.1, 0.15) is 67.2 Å². The molecule has 0 aliphatic rings. The average Bonchev–Trinajstić information content (AvgIpc) is 2.29. The molecule has 0 heterocycles. The minimum atomic E-state index is -0.893. The van der Waals surface area contributed by atoms with Gasteiger partial charge in [-0.1, -0.05) is 26.7 Å². The molecule has 0 radical (unpaired) electrons. The Kier molecular flexibility index (Phi) is 16.2. The minimum Gasteiger partial charge on any atom is -0.550 e. The van der Waals surface area contributed by atoms with Crippen molar-refractivity contribution in [1.29, 1.82) is 0 Å². The molecule has 0 amide bonds. The minimum absolute atomic E-state index is 0.222. The summed E-state index contributed by atoms with van der Waals surface area (Å²) < 4.78 is 0. The van der Waals surface area contributed by atoms with Gasteiger partial charge in [-0.2, -0.15) is 0 Å². The Labute approximate surface area is 127 Å². The number of carboxylic acids is 1. The van der Waals surface area contributed by atoms with E-state index < -0.39 is 5.97 Å². The molecule has 0 rings (SSSR count). The summed E-state index contributed by atoms with van der Waals surface area (Å²) in [6, 6.07) is 0. The molecule has 0 aliphatic heterocycles. The van der Waals surface area contributed by atoms with E-state index in [9.17, 15) is 9.90 Å². The Morgan fingerprint density at radius 1 is 1.05 bits per heavy atom. The molecule has 0 N–H and O–H groups in total. The second kappa shape index (κ2) is 14.4. The van der Waals surface area contributed by atoms with Gasteiger partial charge in [0, 0.05) is 5.97 Å². The van der Waals surface area contributed by atoms with Crippen LogP contribution in [0, 0.1) is 17.8 Å². The number of hydrogen-bond donors (Lipinski definition) is 0. The van der Waals surface area contributed by atoms with Crippen molar-refractivity contribution in [3.63, 3.8) is 0 Å². The Bertz CT molecular complexity index is 195. The zero-order chi connectivity index (χ0) is 15.3. The summed E-state index contributed by atoms with van der Waals surface area (Å²) in [6.07, 6.45) is 3.52. The van der Waals surface area contributed by atoms with Crippen molar-refractivity contribution in [1.82, 2.24) is 0 Å². The normalized spacial score (nSPS) is 11.8. The van der Waals surface area contributed by atoms with Crippen LogP contribution in [-0.4, -0.2) is 21.2 Å². The topological polar surface area (TPSA) is 40.1 Å². The van der Waals surface area contributed by atoms with Gasteiger partial charge in [0.2, 0.25) is 0 Å². The third kappa shape index (κ3) is 18.0. The van der Waals surface area contributed by atoms with Crippen LogP contribution in [-0.2, 0) is 4.79 Å². The molecule has 1 unspecified atom stereocenters. The molecule has 3 heteroatoms. The van der Waals surface area contributed by atoms with Crippen LogP contribution in [0.2, 0.25) is 10.6 Å². The standard InChI is InChI=1S/C8H16O2.2C4H9.Al/c1-3-5-6-7(4-2)8(9)10;2*1-4(2)3;/h7H,3-6H2,1-2H3,(H,9,10);2*4H,1H2,2-3H3;/q;;;+1/p-1. The molecule has 0 saturated heterocycles. The molecule has 0 aromatic rings. The van der Waals surface area contributed by atoms with Gasteiger partial charge in [-0.05, 0) is 18.8 Å². The molecule has 0 fully saturated rings. The summed E-state index contributed by atoms with van der Waals surface area (Å²) in [7, 11) is 0. The van der Waals surface area contributed by atoms with Crippen LogP contribution >= 0.6 is 0 Å². The fourth-order valence-electron chi connectivity index (χ4n) is 1.70. The summed E-state index contributed by atoms with van der Waals surface area (Å²) in [5.41, 5.74) is 0. The maximum absolute atomic E-state index is 10.3. The third-order valence-corrected chi connectivity index (χ3v) is 5.56. The molecule has 0 aromatic heterocycles. The fraction of sp³-hybridized carbons (Fsp3) is 0.938. The zero-order valence-electron chi connectivity index (χ0n) is 13.9. The van der Waals surface area contributed by atoms with Crippen molar-refractivity contribution in [2.24, 2.45) is 17.8 Å². The summed E-state index contributed by atoms with van der Waals surface area (Å²) in [5, 5.41) is 13.3. The van der Waals surface area contributed by atoms with Gasteiger partial charge in [-0.3, -0.25) is 0 Å². The predicted octanol–water partition coefficient (Wildman–Crippen LogP) is 3.79. The van der Waals surface area contributed by atoms with Gasteiger partial charge in [0.15, 0.2) is 0 Å². The van der Waals surface area contributed by atoms with Gasteiger partial charge in [-0.15, -0.1) is 0 Å². The number of unbranched alkanes of at least 4 members (excludes halogenated alkanes) is 1. The molecule has 0 aliphatic carbocycles. The van der Waals surface area contributed by atoms with Gasteiger partial charge >= 0.3 is 65.3 Å². The van der Waals surface area contributed by atoms with E-state index in [-0.39, 0.29) is 5.92 Å². The van der Waals surface area contributed by atoms with Crippen LogP contribution in [0.5, 0.6) is 0 Å². The summed E-state index contributed by atoms with van der Waals surface area (Å²) in [6.45, 7) is 13.2. The SMILES string of the molecule is CC(C)[CH2][Al+][CH2]C(C)C.CCCCC(CC)C(=O)[O-]. The summed E-state index contributed by atoms with van der Waals surface area (Å²) >= 11 is 0.755. The van der Waals surface area contributed by atoms with Crippen molar-refractivity contribution in [3.8, 4) is 0 Å². The predicted molar refractivity (Wildman–Crippen MR) is 83.4 cm³/mol. The Hall–Kier alpha value is 0.00247. The first-order valence-corrected chi connectivity index (χ1v) is 9.50. The fourth-order valence-corrected chi connectivity index (χ4v) is 3.23. The van der Waals surface area contributed by atoms with Crippen molar-refractivity contribution in [2.75, 3.05) is 0 Å². The van der Waals surface area contributed by atoms with E-state index in [1.54, 1.807) is 0 Å². The van der Waals surface area contributed by atoms with Crippen molar-refractivity contribution >= 4 is 21.2 Å². The number of hydrogen-bond acceptors (Lipinski definition) is 2. The quantitative estimate of drug-likeness (QED) is 0.604. The molecule has 112 valence electrons. The second-order valence-corrected chi connectivity index (χ2v) is 7.63. The number of aliphatic carboxylic acids is 1. The van der Waals surface area contributed by atoms with E-state index in [2.05, 4.69) is 34.6 Å². The molecule has 2 nitrogen and oxygen atoms in total. The number of carboxylic acid groups (broad SMARTS) is 1. The zero-order valence-corrected chi connectivity index (χ0v) is 15.0. The number of carbonyl (C=O) groups excluding carboxylic acids is 1. The van der Waals surface area contributed by atoms with Gasteiger partial charge in [0.1, 0.15) is 0 Å². The number of rotatable bonds is 9. The Morgan fingerprint density at radius 2 is 1.53 bits per heavy atom. The monoisotopic (exact) mass is 284 g/mol. The van der Waals surface area contributed by atoms with E-state index in [1.807, 2.05) is 6.92 Å². The van der Waals surface area contributed by atoms with E-state index in [0.29, 0.717) is 6.42 Å². The van der Waals surface area contributed by atoms with Crippen LogP contribution in [0.3, 0.4) is 0 Å². The molecular formula is C16H33AlO2. The Balaban J connectivity index is 0. The molecule has 1 atom stereocenters. The van der Waals surface area contributed by atoms with Gasteiger partial charge in [0.05, 0.1) is 0 Å². The summed E-state index contributed by atoms with van der Waals surface area (Å²) in [5.74, 6) is 0.744. The Morgan fingerprint density at radius 3 is 1.79 bits per heavy atom. The molecule has 0 saturated carbocycles. The van der Waals surface area contributed by atoms with Crippen molar-refractivity contribution in [2.45, 2.75) is 77.8 Å². The second-order valence-electron chi connectivity index (χ2n) is 6.11. The maximum atomic E-state index is 10.3. The molecule has 19 heavy (non-hydrogen) atoms. The maximum Gasteiger partial charge on any atom is 0.0445 e. The van der Waals surface area contributed by atoms with Crippen molar-refractivity contribution < 1.29 is 9.90 Å². The first kappa shape index (κ1) is 21.3. The van der Waals surface area contributed by atoms with Crippen molar-refractivity contribution in [3.05, 3.63) is 0 Å². The first-order valence-electron chi connectivity index (χ1n) is 7.87. The van der Waals surface area contributed by atoms with Crippen LogP contribution in [0.15, 0.2) is 0 Å². The van der Waals surface area contributed by atoms with E-state index in [4.69, 9.17) is 0 Å². The van der Waals surface area contributed by atoms with Crippen LogP contribution in [0.25, 0.3) is 0 Å². The molecular weight excluding hydrogens is 251 g/mol. The van der Waals surface area contributed by atoms with Gasteiger partial charge < -0.3 is 9.90 Å². The molecule has 0 aromatic carbocycles. The molecule has 0 spiro atoms. The van der Waals surface area contributed by atoms with Crippen LogP contribution < -0.4 is 5.11 Å². The average molecular weight is 284 g/mol. The van der Waals surface area contributed by atoms with Gasteiger partial charge in [0.25, 0.3) is 0 Å². The van der Waals surface area contributed by atoms with E-state index in [1.165, 1.54) is 10.6 Å². The van der Waals surface area contributed by atoms with E-state index >= 15 is 0 Å². The largest absolute Gasteiger partial charge is 0.550 e. The molecule has 0 bridgehead atoms.